The van der Waals surface area contributed by atoms with Gasteiger partial charge in [0, 0.05) is 13.3 Å². The van der Waals surface area contributed by atoms with Crippen molar-refractivity contribution in [3.8, 4) is 0 Å². The topological polar surface area (TPSA) is 259 Å². The molecule has 15 heteroatoms. The van der Waals surface area contributed by atoms with E-state index in [2.05, 4.69) is 5.32 Å². The van der Waals surface area contributed by atoms with Crippen molar-refractivity contribution in [3.05, 3.63) is 0 Å². The number of hydrogen-bond donors (Lipinski definition) is 9. The van der Waals surface area contributed by atoms with Gasteiger partial charge in [-0.1, -0.05) is 0 Å². The van der Waals surface area contributed by atoms with Crippen LogP contribution in [0.1, 0.15) is 13.3 Å². The van der Waals surface area contributed by atoms with Gasteiger partial charge >= 0.3 is 0 Å². The number of aliphatic carboxylic acids is 1. The van der Waals surface area contributed by atoms with Crippen LogP contribution in [0.2, 0.25) is 0 Å². The Kier molecular flexibility index (Phi) is 8.88. The molecule has 2 aliphatic rings. The standard InChI is InChI=1S/C17H29NO14/c1-5(21)18-9-7(30-15-13(26)12(25)11(24)8(4-20)31-15)2-17(29,16(27)28)32-14(9)10(23)6(22)3-19/h6-15,19-20,22-26,29H,2-4H2,1H3,(H,18,21)(H,27,28)/p-1/t6-,7+,8-,9-,10-,11-,12+,13-,14-,15+,17-/m1/s1. The third kappa shape index (κ3) is 5.52. The predicted octanol–water partition coefficient (Wildman–Crippen LogP) is -7.38. The molecule has 0 unspecified atom stereocenters. The number of aliphatic hydroxyl groups excluding tert-OH is 7. The van der Waals surface area contributed by atoms with E-state index in [1.54, 1.807) is 0 Å². The molecule has 2 aliphatic heterocycles. The Bertz CT molecular complexity index is 663. The molecule has 9 N–H and O–H groups in total. The monoisotopic (exact) mass is 470 g/mol. The van der Waals surface area contributed by atoms with E-state index >= 15 is 0 Å². The van der Waals surface area contributed by atoms with Crippen molar-refractivity contribution in [2.75, 3.05) is 13.2 Å². The lowest BCUT2D eigenvalue weighted by molar-refractivity contribution is -0.383. The maximum absolute atomic E-state index is 11.7. The second-order valence-electron chi connectivity index (χ2n) is 7.70. The molecule has 2 heterocycles. The number of carboxylic acids is 1. The highest BCUT2D eigenvalue weighted by Gasteiger charge is 2.54. The smallest absolute Gasteiger partial charge is 0.217 e. The summed E-state index contributed by atoms with van der Waals surface area (Å²) in [5.41, 5.74) is 0. The summed E-state index contributed by atoms with van der Waals surface area (Å²) in [6, 6.07) is -1.48. The van der Waals surface area contributed by atoms with Crippen LogP contribution in [0.4, 0.5) is 0 Å². The molecule has 0 bridgehead atoms. The van der Waals surface area contributed by atoms with E-state index in [0.29, 0.717) is 0 Å². The van der Waals surface area contributed by atoms with Crippen LogP contribution in [0.3, 0.4) is 0 Å². The fraction of sp³-hybridized carbons (Fsp3) is 0.882. The van der Waals surface area contributed by atoms with E-state index in [9.17, 15) is 50.4 Å². The molecule has 0 aromatic rings. The highest BCUT2D eigenvalue weighted by Crippen LogP contribution is 2.34. The minimum Gasteiger partial charge on any atom is -0.544 e. The Balaban J connectivity index is 2.40. The van der Waals surface area contributed by atoms with Crippen LogP contribution in [0.25, 0.3) is 0 Å². The van der Waals surface area contributed by atoms with Crippen LogP contribution >= 0.6 is 0 Å². The number of amides is 1. The zero-order valence-electron chi connectivity index (χ0n) is 16.9. The van der Waals surface area contributed by atoms with Gasteiger partial charge in [0.2, 0.25) is 11.7 Å². The SMILES string of the molecule is CC(=O)N[C@H]1[C@H]([C@H](O)[C@H](O)CO)O[C@@](O)(C(=O)[O-])C[C@@H]1O[C@H]1O[C@H](CO)[C@@H](O)[C@H](O)[C@H]1O. The highest BCUT2D eigenvalue weighted by atomic mass is 16.7. The van der Waals surface area contributed by atoms with E-state index in [4.69, 9.17) is 19.3 Å². The van der Waals surface area contributed by atoms with E-state index in [1.807, 2.05) is 0 Å². The average Bonchev–Trinajstić information content (AvgIpc) is 2.74. The second-order valence-corrected chi connectivity index (χ2v) is 7.70. The fourth-order valence-electron chi connectivity index (χ4n) is 3.59. The largest absolute Gasteiger partial charge is 0.544 e. The molecule has 186 valence electrons. The molecule has 2 rings (SSSR count). The molecule has 1 amide bonds. The van der Waals surface area contributed by atoms with Crippen LogP contribution < -0.4 is 10.4 Å². The maximum Gasteiger partial charge on any atom is 0.217 e. The van der Waals surface area contributed by atoms with Crippen molar-refractivity contribution in [1.82, 2.24) is 5.32 Å². The zero-order valence-corrected chi connectivity index (χ0v) is 16.9. The molecule has 0 aromatic carbocycles. The molecule has 0 aromatic heterocycles. The zero-order chi connectivity index (χ0) is 24.4. The number of carboxylic acid groups (broad SMARTS) is 1. The molecule has 0 spiro atoms. The Hall–Kier alpha value is -1.50. The third-order valence-corrected chi connectivity index (χ3v) is 5.33. The summed E-state index contributed by atoms with van der Waals surface area (Å²) in [6.45, 7) is -0.729. The Morgan fingerprint density at radius 3 is 2.31 bits per heavy atom. The van der Waals surface area contributed by atoms with Gasteiger partial charge in [-0.15, -0.1) is 0 Å². The van der Waals surface area contributed by atoms with Crippen LogP contribution in [-0.4, -0.2) is 133 Å². The van der Waals surface area contributed by atoms with Crippen LogP contribution in [0.5, 0.6) is 0 Å². The molecule has 0 aliphatic carbocycles. The first-order valence-electron chi connectivity index (χ1n) is 9.68. The number of aliphatic hydroxyl groups is 8. The highest BCUT2D eigenvalue weighted by molar-refractivity contribution is 5.74. The predicted molar refractivity (Wildman–Crippen MR) is 94.8 cm³/mol. The summed E-state index contributed by atoms with van der Waals surface area (Å²) in [5.74, 6) is -5.98. The normalized spacial score (nSPS) is 42.2. The minimum absolute atomic E-state index is 0.726. The second kappa shape index (κ2) is 10.6. The summed E-state index contributed by atoms with van der Waals surface area (Å²) in [5, 5.41) is 92.7. The average molecular weight is 470 g/mol. The first-order chi connectivity index (χ1) is 14.9. The number of hydrogen-bond acceptors (Lipinski definition) is 14. The van der Waals surface area contributed by atoms with Gasteiger partial charge in [-0.3, -0.25) is 4.79 Å². The van der Waals surface area contributed by atoms with Crippen molar-refractivity contribution in [2.45, 2.75) is 80.3 Å². The first kappa shape index (κ1) is 26.7. The minimum atomic E-state index is -3.10. The summed E-state index contributed by atoms with van der Waals surface area (Å²) in [4.78, 5) is 23.2. The molecule has 32 heavy (non-hydrogen) atoms. The molecule has 15 nitrogen and oxygen atoms in total. The molecule has 2 saturated heterocycles. The number of ether oxygens (including phenoxy) is 3. The molecule has 2 fully saturated rings. The van der Waals surface area contributed by atoms with Gasteiger partial charge in [0.25, 0.3) is 0 Å². The Morgan fingerprint density at radius 1 is 1.19 bits per heavy atom. The first-order valence-corrected chi connectivity index (χ1v) is 9.68. The van der Waals surface area contributed by atoms with Gasteiger partial charge in [-0.2, -0.15) is 0 Å². The molecule has 11 atom stereocenters. The molecule has 0 saturated carbocycles. The van der Waals surface area contributed by atoms with Crippen molar-refractivity contribution < 1.29 is 69.8 Å². The quantitative estimate of drug-likeness (QED) is 0.160. The van der Waals surface area contributed by atoms with Crippen molar-refractivity contribution >= 4 is 11.9 Å². The molecular weight excluding hydrogens is 442 g/mol. The van der Waals surface area contributed by atoms with Crippen LogP contribution in [0, 0.1) is 0 Å². The fourth-order valence-corrected chi connectivity index (χ4v) is 3.59. The van der Waals surface area contributed by atoms with Gasteiger partial charge in [0.15, 0.2) is 6.29 Å². The van der Waals surface area contributed by atoms with E-state index in [0.717, 1.165) is 6.92 Å². The Morgan fingerprint density at radius 2 is 1.81 bits per heavy atom. The lowest BCUT2D eigenvalue weighted by Gasteiger charge is -2.49. The summed E-state index contributed by atoms with van der Waals surface area (Å²) in [7, 11) is 0. The van der Waals surface area contributed by atoms with Gasteiger partial charge in [-0.05, 0) is 0 Å². The van der Waals surface area contributed by atoms with E-state index in [-0.39, 0.29) is 0 Å². The number of rotatable bonds is 8. The Labute approximate surface area is 181 Å². The molecular formula is C17H28NO14-. The van der Waals surface area contributed by atoms with Gasteiger partial charge in [-0.25, -0.2) is 0 Å². The summed E-state index contributed by atoms with van der Waals surface area (Å²) in [6.07, 6.45) is -17.0. The summed E-state index contributed by atoms with van der Waals surface area (Å²) < 4.78 is 15.7. The van der Waals surface area contributed by atoms with Crippen LogP contribution in [-0.2, 0) is 23.8 Å². The van der Waals surface area contributed by atoms with E-state index in [1.165, 1.54) is 0 Å². The number of nitrogens with one attached hydrogen (secondary N) is 1. The van der Waals surface area contributed by atoms with Crippen LogP contribution in [0.15, 0.2) is 0 Å². The van der Waals surface area contributed by atoms with Gasteiger partial charge in [0.05, 0.1) is 25.4 Å². The lowest BCUT2D eigenvalue weighted by Crippen LogP contribution is -2.70. The number of carbonyl (C=O) groups is 2. The van der Waals surface area contributed by atoms with Gasteiger partial charge < -0.3 is 70.3 Å². The third-order valence-electron chi connectivity index (χ3n) is 5.33. The lowest BCUT2D eigenvalue weighted by atomic mass is 9.88. The van der Waals surface area contributed by atoms with Crippen molar-refractivity contribution in [3.63, 3.8) is 0 Å². The van der Waals surface area contributed by atoms with Crippen molar-refractivity contribution in [1.29, 1.82) is 0 Å². The van der Waals surface area contributed by atoms with Crippen molar-refractivity contribution in [2.24, 2.45) is 0 Å². The maximum atomic E-state index is 11.7. The van der Waals surface area contributed by atoms with E-state index < -0.39 is 98.5 Å². The molecule has 0 radical (unpaired) electrons. The van der Waals surface area contributed by atoms with Gasteiger partial charge in [0.1, 0.15) is 48.7 Å². The number of carbonyl (C=O) groups excluding carboxylic acids is 2. The summed E-state index contributed by atoms with van der Waals surface area (Å²) >= 11 is 0.